The lowest BCUT2D eigenvalue weighted by Crippen LogP contribution is -2.19. The van der Waals surface area contributed by atoms with Crippen LogP contribution in [-0.2, 0) is 30.2 Å². The first kappa shape index (κ1) is 24.8. The molecular weight excluding hydrogens is 473 g/mol. The number of aryl methyl sites for hydroxylation is 1. The third-order valence-corrected chi connectivity index (χ3v) is 5.53. The second kappa shape index (κ2) is 9.55. The smallest absolute Gasteiger partial charge is 0.299 e. The molecule has 0 N–H and O–H groups in total. The summed E-state index contributed by atoms with van der Waals surface area (Å²) in [6.45, 7) is 1.69. The van der Waals surface area contributed by atoms with E-state index in [1.807, 2.05) is 18.2 Å². The Morgan fingerprint density at radius 1 is 0.848 bits per heavy atom. The summed E-state index contributed by atoms with van der Waals surface area (Å²) in [6, 6.07) is 12.4. The van der Waals surface area contributed by atoms with Crippen molar-refractivity contribution in [3.63, 3.8) is 0 Å². The molecular formula is C24H16ClF7O. The summed E-state index contributed by atoms with van der Waals surface area (Å²) in [5.74, 6) is -10.5. The number of Topliss-reactive ketones (excluding diaryl/α,β-unsaturated/α-hetero) is 1. The van der Waals surface area contributed by atoms with E-state index in [1.165, 1.54) is 0 Å². The fraction of sp³-hybridized carbons (Fsp3) is 0.208. The third-order valence-electron chi connectivity index (χ3n) is 5.17. The van der Waals surface area contributed by atoms with Crippen LogP contribution in [0.15, 0.2) is 42.5 Å². The molecule has 0 spiro atoms. The maximum atomic E-state index is 14.1. The van der Waals surface area contributed by atoms with Crippen LogP contribution in [0.1, 0.15) is 33.4 Å². The largest absolute Gasteiger partial charge is 0.422 e. The van der Waals surface area contributed by atoms with E-state index in [0.717, 1.165) is 11.1 Å². The van der Waals surface area contributed by atoms with E-state index in [4.69, 9.17) is 11.6 Å². The Kier molecular flexibility index (Phi) is 7.17. The number of ketones is 1. The van der Waals surface area contributed by atoms with Gasteiger partial charge in [-0.3, -0.25) is 4.79 Å². The van der Waals surface area contributed by atoms with Gasteiger partial charge in [0.15, 0.2) is 23.3 Å². The Morgan fingerprint density at radius 3 is 2.03 bits per heavy atom. The fourth-order valence-corrected chi connectivity index (χ4v) is 3.64. The lowest BCUT2D eigenvalue weighted by atomic mass is 9.94. The summed E-state index contributed by atoms with van der Waals surface area (Å²) in [7, 11) is 0. The van der Waals surface area contributed by atoms with Gasteiger partial charge in [-0.1, -0.05) is 48.0 Å². The van der Waals surface area contributed by atoms with Crippen molar-refractivity contribution in [1.82, 2.24) is 0 Å². The second-order valence-electron chi connectivity index (χ2n) is 7.53. The molecule has 3 aromatic rings. The third kappa shape index (κ3) is 5.38. The molecule has 0 aliphatic heterocycles. The number of hydrogen-bond acceptors (Lipinski definition) is 1. The topological polar surface area (TPSA) is 17.1 Å². The molecule has 1 nitrogen and oxygen atoms in total. The molecule has 3 rings (SSSR count). The van der Waals surface area contributed by atoms with Gasteiger partial charge in [-0.05, 0) is 41.7 Å². The van der Waals surface area contributed by atoms with E-state index < -0.39 is 52.8 Å². The summed E-state index contributed by atoms with van der Waals surface area (Å²) >= 11 is 6.16. The lowest BCUT2D eigenvalue weighted by molar-refractivity contribution is -0.143. The van der Waals surface area contributed by atoms with Crippen LogP contribution in [0.25, 0.3) is 0 Å². The SMILES string of the molecule is Cc1ccc(Cc2ccccc2Cl)cc1CC(=O)Cc1c(F)c(F)c(C(F)(F)F)c(F)c1F. The molecule has 0 aliphatic carbocycles. The van der Waals surface area contributed by atoms with Gasteiger partial charge in [0, 0.05) is 23.4 Å². The molecule has 0 fully saturated rings. The van der Waals surface area contributed by atoms with Gasteiger partial charge in [0.25, 0.3) is 0 Å². The van der Waals surface area contributed by atoms with Crippen LogP contribution in [0.5, 0.6) is 0 Å². The summed E-state index contributed by atoms with van der Waals surface area (Å²) in [5.41, 5.74) is -1.25. The van der Waals surface area contributed by atoms with Gasteiger partial charge in [-0.15, -0.1) is 0 Å². The highest BCUT2D eigenvalue weighted by atomic mass is 35.5. The van der Waals surface area contributed by atoms with Gasteiger partial charge in [-0.2, -0.15) is 13.2 Å². The first-order valence-corrected chi connectivity index (χ1v) is 10.0. The molecule has 0 atom stereocenters. The predicted octanol–water partition coefficient (Wildman–Crippen LogP) is 7.17. The normalized spacial score (nSPS) is 11.7. The average molecular weight is 489 g/mol. The molecule has 9 heteroatoms. The molecule has 0 saturated carbocycles. The van der Waals surface area contributed by atoms with E-state index in [-0.39, 0.29) is 6.42 Å². The Morgan fingerprint density at radius 2 is 1.45 bits per heavy atom. The molecule has 0 unspecified atom stereocenters. The van der Waals surface area contributed by atoms with Crippen LogP contribution in [0.3, 0.4) is 0 Å². The Bertz CT molecular complexity index is 1190. The van der Waals surface area contributed by atoms with Gasteiger partial charge in [0.1, 0.15) is 11.3 Å². The molecule has 0 heterocycles. The zero-order chi connectivity index (χ0) is 24.5. The summed E-state index contributed by atoms with van der Waals surface area (Å²) in [5, 5.41) is 0.549. The minimum absolute atomic E-state index is 0.342. The fourth-order valence-electron chi connectivity index (χ4n) is 3.44. The Hall–Kier alpha value is -2.87. The molecule has 0 saturated heterocycles. The monoisotopic (exact) mass is 488 g/mol. The first-order valence-electron chi connectivity index (χ1n) is 9.65. The van der Waals surface area contributed by atoms with Crippen molar-refractivity contribution < 1.29 is 35.5 Å². The van der Waals surface area contributed by atoms with Crippen LogP contribution in [-0.4, -0.2) is 5.78 Å². The molecule has 174 valence electrons. The summed E-state index contributed by atoms with van der Waals surface area (Å²) in [4.78, 5) is 12.4. The van der Waals surface area contributed by atoms with Crippen molar-refractivity contribution in [2.24, 2.45) is 0 Å². The standard InChI is InChI=1S/C24H16ClF7O/c1-12-6-7-13(8-14-4-2-3-5-18(14)25)9-15(12)10-16(33)11-17-20(26)22(28)19(24(30,31)32)23(29)21(17)27/h2-7,9H,8,10-11H2,1H3. The zero-order valence-electron chi connectivity index (χ0n) is 17.1. The van der Waals surface area contributed by atoms with Crippen LogP contribution >= 0.6 is 11.6 Å². The maximum absolute atomic E-state index is 14.1. The van der Waals surface area contributed by atoms with Crippen molar-refractivity contribution >= 4 is 17.4 Å². The number of hydrogen-bond donors (Lipinski definition) is 0. The number of alkyl halides is 3. The molecule has 0 aliphatic rings. The maximum Gasteiger partial charge on any atom is 0.422 e. The number of benzene rings is 3. The number of carbonyl (C=O) groups excluding carboxylic acids is 1. The highest BCUT2D eigenvalue weighted by molar-refractivity contribution is 6.31. The van der Waals surface area contributed by atoms with Crippen LogP contribution in [0.4, 0.5) is 30.7 Å². The average Bonchev–Trinajstić information content (AvgIpc) is 2.73. The predicted molar refractivity (Wildman–Crippen MR) is 109 cm³/mol. The Balaban J connectivity index is 1.85. The van der Waals surface area contributed by atoms with Crippen molar-refractivity contribution in [2.45, 2.75) is 32.4 Å². The van der Waals surface area contributed by atoms with Gasteiger partial charge in [-0.25, -0.2) is 17.6 Å². The highest BCUT2D eigenvalue weighted by Crippen LogP contribution is 2.37. The summed E-state index contributed by atoms with van der Waals surface area (Å²) in [6.07, 6.45) is -6.65. The van der Waals surface area contributed by atoms with E-state index in [9.17, 15) is 35.5 Å². The minimum Gasteiger partial charge on any atom is -0.299 e. The van der Waals surface area contributed by atoms with Gasteiger partial charge < -0.3 is 0 Å². The number of rotatable bonds is 6. The number of carbonyl (C=O) groups is 1. The number of halogens is 8. The Labute approximate surface area is 189 Å². The van der Waals surface area contributed by atoms with E-state index in [1.54, 1.807) is 31.2 Å². The van der Waals surface area contributed by atoms with Crippen LogP contribution in [0, 0.1) is 30.2 Å². The van der Waals surface area contributed by atoms with Gasteiger partial charge in [0.05, 0.1) is 0 Å². The van der Waals surface area contributed by atoms with Crippen LogP contribution < -0.4 is 0 Å². The van der Waals surface area contributed by atoms with Crippen molar-refractivity contribution in [1.29, 1.82) is 0 Å². The molecule has 3 aromatic carbocycles. The summed E-state index contributed by atoms with van der Waals surface area (Å²) < 4.78 is 94.0. The molecule has 0 aromatic heterocycles. The lowest BCUT2D eigenvalue weighted by Gasteiger charge is -2.14. The van der Waals surface area contributed by atoms with Crippen LogP contribution in [0.2, 0.25) is 5.02 Å². The van der Waals surface area contributed by atoms with Gasteiger partial charge >= 0.3 is 6.18 Å². The quantitative estimate of drug-likeness (QED) is 0.265. The molecule has 33 heavy (non-hydrogen) atoms. The van der Waals surface area contributed by atoms with E-state index >= 15 is 0 Å². The molecule has 0 amide bonds. The van der Waals surface area contributed by atoms with Crippen molar-refractivity contribution in [3.8, 4) is 0 Å². The first-order chi connectivity index (χ1) is 15.4. The second-order valence-corrected chi connectivity index (χ2v) is 7.94. The van der Waals surface area contributed by atoms with Crippen molar-refractivity contribution in [2.75, 3.05) is 0 Å². The van der Waals surface area contributed by atoms with E-state index in [2.05, 4.69) is 0 Å². The van der Waals surface area contributed by atoms with Crippen molar-refractivity contribution in [3.05, 3.63) is 104 Å². The molecule has 0 bridgehead atoms. The van der Waals surface area contributed by atoms with E-state index in [0.29, 0.717) is 22.6 Å². The molecule has 0 radical (unpaired) electrons. The van der Waals surface area contributed by atoms with Gasteiger partial charge in [0.2, 0.25) is 0 Å². The zero-order valence-corrected chi connectivity index (χ0v) is 17.9. The minimum atomic E-state index is -5.64. The highest BCUT2D eigenvalue weighted by Gasteiger charge is 2.42.